The van der Waals surface area contributed by atoms with E-state index in [-0.39, 0.29) is 35.9 Å². The predicted octanol–water partition coefficient (Wildman–Crippen LogP) is 3.09. The Bertz CT molecular complexity index is 828. The van der Waals surface area contributed by atoms with Crippen molar-refractivity contribution in [1.29, 1.82) is 0 Å². The summed E-state index contributed by atoms with van der Waals surface area (Å²) < 4.78 is 7.21. The molecular formula is C21H32IN5O2. The molecule has 2 N–H and O–H groups in total. The van der Waals surface area contributed by atoms with Crippen LogP contribution in [0.1, 0.15) is 43.9 Å². The number of rotatable bonds is 6. The molecule has 29 heavy (non-hydrogen) atoms. The zero-order chi connectivity index (χ0) is 19.9. The van der Waals surface area contributed by atoms with E-state index in [0.717, 1.165) is 55.9 Å². The molecule has 0 aliphatic heterocycles. The highest BCUT2D eigenvalue weighted by Gasteiger charge is 2.27. The number of nitrogens with one attached hydrogen (secondary N) is 2. The van der Waals surface area contributed by atoms with Gasteiger partial charge in [-0.3, -0.25) is 9.79 Å². The van der Waals surface area contributed by atoms with Gasteiger partial charge in [0, 0.05) is 38.4 Å². The fraction of sp³-hybridized carbons (Fsp3) is 0.571. The molecule has 2 aromatic rings. The lowest BCUT2D eigenvalue weighted by molar-refractivity contribution is -0.149. The first-order valence-corrected chi connectivity index (χ1v) is 10.2. The lowest BCUT2D eigenvalue weighted by Gasteiger charge is -2.29. The van der Waals surface area contributed by atoms with Gasteiger partial charge in [0.2, 0.25) is 0 Å². The van der Waals surface area contributed by atoms with Gasteiger partial charge in [-0.25, -0.2) is 4.98 Å². The standard InChI is InChI=1S/C21H31N5O2.HI/c1-4-28-20(27)16-7-9-17(10-8-16)25-21(22-3)23-12-11-18-14-26-13-5-6-15(2)19(26)24-18;/h5-6,13-14,16-17H,4,7-12H2,1-3H3,(H2,22,23,25);1H. The molecule has 0 spiro atoms. The fourth-order valence-corrected chi connectivity index (χ4v) is 3.76. The highest BCUT2D eigenvalue weighted by Crippen LogP contribution is 2.25. The van der Waals surface area contributed by atoms with Crippen molar-refractivity contribution in [1.82, 2.24) is 20.0 Å². The Labute approximate surface area is 189 Å². The van der Waals surface area contributed by atoms with Gasteiger partial charge in [0.15, 0.2) is 5.96 Å². The second-order valence-corrected chi connectivity index (χ2v) is 7.35. The lowest BCUT2D eigenvalue weighted by atomic mass is 9.86. The number of aryl methyl sites for hydroxylation is 1. The molecule has 0 atom stereocenters. The van der Waals surface area contributed by atoms with Gasteiger partial charge in [0.1, 0.15) is 5.65 Å². The number of fused-ring (bicyclic) bond motifs is 1. The van der Waals surface area contributed by atoms with E-state index >= 15 is 0 Å². The topological polar surface area (TPSA) is 80.0 Å². The number of nitrogens with zero attached hydrogens (tertiary/aromatic N) is 3. The van der Waals surface area contributed by atoms with Gasteiger partial charge in [-0.05, 0) is 51.2 Å². The van der Waals surface area contributed by atoms with Crippen LogP contribution in [0.2, 0.25) is 0 Å². The molecule has 0 bridgehead atoms. The average Bonchev–Trinajstić information content (AvgIpc) is 3.12. The summed E-state index contributed by atoms with van der Waals surface area (Å²) in [5, 5.41) is 6.86. The van der Waals surface area contributed by atoms with Crippen molar-refractivity contribution in [2.45, 2.75) is 52.0 Å². The molecular weight excluding hydrogens is 481 g/mol. The summed E-state index contributed by atoms with van der Waals surface area (Å²) in [5.74, 6) is 0.803. The van der Waals surface area contributed by atoms with Crippen LogP contribution in [-0.4, -0.2) is 47.6 Å². The van der Waals surface area contributed by atoms with Crippen LogP contribution in [0.3, 0.4) is 0 Å². The SMILES string of the molecule is CCOC(=O)C1CCC(NC(=NC)NCCc2cn3cccc(C)c3n2)CC1.I. The van der Waals surface area contributed by atoms with Gasteiger partial charge in [-0.15, -0.1) is 24.0 Å². The number of carbonyl (C=O) groups excluding carboxylic acids is 1. The van der Waals surface area contributed by atoms with Crippen molar-refractivity contribution >= 4 is 41.6 Å². The molecule has 3 rings (SSSR count). The molecule has 0 radical (unpaired) electrons. The highest BCUT2D eigenvalue weighted by molar-refractivity contribution is 14.0. The number of aromatic nitrogens is 2. The van der Waals surface area contributed by atoms with Crippen LogP contribution in [-0.2, 0) is 16.0 Å². The van der Waals surface area contributed by atoms with Gasteiger partial charge in [0.05, 0.1) is 18.2 Å². The van der Waals surface area contributed by atoms with Crippen molar-refractivity contribution < 1.29 is 9.53 Å². The number of halogens is 1. The Kier molecular flexibility index (Phi) is 9.19. The van der Waals surface area contributed by atoms with E-state index in [4.69, 9.17) is 9.72 Å². The van der Waals surface area contributed by atoms with E-state index in [9.17, 15) is 4.79 Å². The third-order valence-electron chi connectivity index (χ3n) is 5.31. The Morgan fingerprint density at radius 2 is 2.10 bits per heavy atom. The molecule has 2 aromatic heterocycles. The highest BCUT2D eigenvalue weighted by atomic mass is 127. The minimum atomic E-state index is -0.0499. The lowest BCUT2D eigenvalue weighted by Crippen LogP contribution is -2.45. The fourth-order valence-electron chi connectivity index (χ4n) is 3.76. The Morgan fingerprint density at radius 3 is 2.76 bits per heavy atom. The molecule has 2 heterocycles. The van der Waals surface area contributed by atoms with E-state index < -0.39 is 0 Å². The first-order valence-electron chi connectivity index (χ1n) is 10.2. The molecule has 160 valence electrons. The number of imidazole rings is 1. The second-order valence-electron chi connectivity index (χ2n) is 7.35. The Morgan fingerprint density at radius 1 is 1.34 bits per heavy atom. The largest absolute Gasteiger partial charge is 0.466 e. The van der Waals surface area contributed by atoms with Gasteiger partial charge in [-0.2, -0.15) is 0 Å². The number of carbonyl (C=O) groups is 1. The first kappa shape index (κ1) is 23.4. The van der Waals surface area contributed by atoms with E-state index in [1.807, 2.05) is 19.2 Å². The third kappa shape index (κ3) is 6.32. The van der Waals surface area contributed by atoms with Crippen LogP contribution in [0.5, 0.6) is 0 Å². The molecule has 8 heteroatoms. The number of hydrogen-bond acceptors (Lipinski definition) is 4. The second kappa shape index (κ2) is 11.4. The Balaban J connectivity index is 0.00000300. The van der Waals surface area contributed by atoms with E-state index in [0.29, 0.717) is 12.6 Å². The van der Waals surface area contributed by atoms with Crippen LogP contribution in [0.25, 0.3) is 5.65 Å². The first-order chi connectivity index (χ1) is 13.6. The zero-order valence-corrected chi connectivity index (χ0v) is 19.8. The quantitative estimate of drug-likeness (QED) is 0.269. The normalized spacial score (nSPS) is 19.5. The number of aliphatic imine (C=N–C) groups is 1. The molecule has 0 unspecified atom stereocenters. The summed E-state index contributed by atoms with van der Waals surface area (Å²) in [7, 11) is 1.79. The average molecular weight is 513 g/mol. The summed E-state index contributed by atoms with van der Waals surface area (Å²) in [4.78, 5) is 20.9. The molecule has 1 aliphatic rings. The van der Waals surface area contributed by atoms with Crippen LogP contribution in [0.4, 0.5) is 0 Å². The third-order valence-corrected chi connectivity index (χ3v) is 5.31. The number of esters is 1. The maximum Gasteiger partial charge on any atom is 0.308 e. The number of guanidine groups is 1. The molecule has 1 aliphatic carbocycles. The van der Waals surface area contributed by atoms with Crippen molar-refractivity contribution in [3.05, 3.63) is 35.8 Å². The summed E-state index contributed by atoms with van der Waals surface area (Å²) in [6.45, 7) is 5.15. The van der Waals surface area contributed by atoms with Crippen LogP contribution >= 0.6 is 24.0 Å². The Hall–Kier alpha value is -1.84. The summed E-state index contributed by atoms with van der Waals surface area (Å²) in [6, 6.07) is 4.45. The summed E-state index contributed by atoms with van der Waals surface area (Å²) >= 11 is 0. The smallest absolute Gasteiger partial charge is 0.308 e. The van der Waals surface area contributed by atoms with Gasteiger partial charge in [-0.1, -0.05) is 6.07 Å². The van der Waals surface area contributed by atoms with Crippen LogP contribution in [0.15, 0.2) is 29.5 Å². The molecule has 1 saturated carbocycles. The molecule has 1 fully saturated rings. The monoisotopic (exact) mass is 513 g/mol. The van der Waals surface area contributed by atoms with Crippen molar-refractivity contribution in [3.63, 3.8) is 0 Å². The maximum atomic E-state index is 11.9. The number of pyridine rings is 1. The minimum absolute atomic E-state index is 0. The van der Waals surface area contributed by atoms with Crippen LogP contribution in [0, 0.1) is 12.8 Å². The van der Waals surface area contributed by atoms with Crippen molar-refractivity contribution in [2.75, 3.05) is 20.2 Å². The summed E-state index contributed by atoms with van der Waals surface area (Å²) in [6.07, 6.45) is 8.58. The van der Waals surface area contributed by atoms with E-state index in [1.54, 1.807) is 7.05 Å². The van der Waals surface area contributed by atoms with E-state index in [1.165, 1.54) is 5.56 Å². The van der Waals surface area contributed by atoms with Crippen molar-refractivity contribution in [3.8, 4) is 0 Å². The van der Waals surface area contributed by atoms with Crippen LogP contribution < -0.4 is 10.6 Å². The molecule has 0 aromatic carbocycles. The molecule has 0 saturated heterocycles. The van der Waals surface area contributed by atoms with Gasteiger partial charge in [0.25, 0.3) is 0 Å². The molecule has 0 amide bonds. The zero-order valence-electron chi connectivity index (χ0n) is 17.5. The number of ether oxygens (including phenoxy) is 1. The van der Waals surface area contributed by atoms with Gasteiger partial charge >= 0.3 is 5.97 Å². The van der Waals surface area contributed by atoms with E-state index in [2.05, 4.69) is 39.2 Å². The number of hydrogen-bond donors (Lipinski definition) is 2. The van der Waals surface area contributed by atoms with Gasteiger partial charge < -0.3 is 19.8 Å². The van der Waals surface area contributed by atoms with Crippen molar-refractivity contribution in [2.24, 2.45) is 10.9 Å². The predicted molar refractivity (Wildman–Crippen MR) is 126 cm³/mol. The summed E-state index contributed by atoms with van der Waals surface area (Å²) in [5.41, 5.74) is 3.25. The minimum Gasteiger partial charge on any atom is -0.466 e. The maximum absolute atomic E-state index is 11.9. The molecule has 7 nitrogen and oxygen atoms in total.